The van der Waals surface area contributed by atoms with Gasteiger partial charge < -0.3 is 9.47 Å². The maximum Gasteiger partial charge on any atom is 0.123 e. The van der Waals surface area contributed by atoms with Crippen molar-refractivity contribution in [2.24, 2.45) is 5.41 Å². The Labute approximate surface area is 111 Å². The number of methoxy groups -OCH3 is 1. The van der Waals surface area contributed by atoms with E-state index in [1.54, 1.807) is 13.2 Å². The molecule has 0 bridgehead atoms. The van der Waals surface area contributed by atoms with Gasteiger partial charge in [0.2, 0.25) is 0 Å². The summed E-state index contributed by atoms with van der Waals surface area (Å²) in [5, 5.41) is 9.59. The van der Waals surface area contributed by atoms with Crippen molar-refractivity contribution in [3.63, 3.8) is 0 Å². The molecular weight excluding hydrogens is 245 g/mol. The first-order valence-electron chi connectivity index (χ1n) is 6.50. The summed E-state index contributed by atoms with van der Waals surface area (Å²) < 4.78 is 24.4. The molecule has 3 nitrogen and oxygen atoms in total. The van der Waals surface area contributed by atoms with Crippen molar-refractivity contribution in [1.29, 1.82) is 5.26 Å². The number of nitriles is 1. The lowest BCUT2D eigenvalue weighted by molar-refractivity contribution is -0.135. The highest BCUT2D eigenvalue weighted by Crippen LogP contribution is 2.59. The highest BCUT2D eigenvalue weighted by Gasteiger charge is 2.61. The average molecular weight is 261 g/mol. The molecule has 1 aromatic rings. The van der Waals surface area contributed by atoms with Gasteiger partial charge in [-0.2, -0.15) is 5.26 Å². The number of rotatable bonds is 3. The highest BCUT2D eigenvalue weighted by molar-refractivity contribution is 5.46. The fourth-order valence-electron chi connectivity index (χ4n) is 3.28. The van der Waals surface area contributed by atoms with Gasteiger partial charge in [0.25, 0.3) is 0 Å². The van der Waals surface area contributed by atoms with Gasteiger partial charge in [-0.15, -0.1) is 0 Å². The SMILES string of the molecule is COc1ccc(F)cc1C1(C2(C#N)CCC2)COC1. The third-order valence-corrected chi connectivity index (χ3v) is 4.71. The van der Waals surface area contributed by atoms with Crippen LogP contribution < -0.4 is 4.74 Å². The van der Waals surface area contributed by atoms with Crippen molar-refractivity contribution in [3.8, 4) is 11.8 Å². The lowest BCUT2D eigenvalue weighted by atomic mass is 9.50. The van der Waals surface area contributed by atoms with E-state index in [1.165, 1.54) is 12.1 Å². The predicted molar refractivity (Wildman–Crippen MR) is 67.3 cm³/mol. The predicted octanol–water partition coefficient (Wildman–Crippen LogP) is 2.80. The molecule has 1 aliphatic heterocycles. The molecule has 2 fully saturated rings. The van der Waals surface area contributed by atoms with E-state index in [1.807, 2.05) is 0 Å². The van der Waals surface area contributed by atoms with Gasteiger partial charge in [-0.3, -0.25) is 0 Å². The maximum atomic E-state index is 13.6. The lowest BCUT2D eigenvalue weighted by Crippen LogP contribution is -2.61. The summed E-state index contributed by atoms with van der Waals surface area (Å²) in [6.45, 7) is 0.945. The Hall–Kier alpha value is -1.60. The van der Waals surface area contributed by atoms with Crippen molar-refractivity contribution in [2.45, 2.75) is 24.7 Å². The van der Waals surface area contributed by atoms with Crippen LogP contribution in [0.3, 0.4) is 0 Å². The topological polar surface area (TPSA) is 42.2 Å². The molecule has 0 N–H and O–H groups in total. The van der Waals surface area contributed by atoms with E-state index in [-0.39, 0.29) is 5.82 Å². The van der Waals surface area contributed by atoms with Gasteiger partial charge in [0.15, 0.2) is 0 Å². The molecule has 0 spiro atoms. The van der Waals surface area contributed by atoms with Crippen LogP contribution in [0.15, 0.2) is 18.2 Å². The normalized spacial score (nSPS) is 22.8. The second-order valence-corrected chi connectivity index (χ2v) is 5.47. The molecule has 0 atom stereocenters. The minimum absolute atomic E-state index is 0.297. The Morgan fingerprint density at radius 1 is 1.37 bits per heavy atom. The molecule has 0 unspecified atom stereocenters. The maximum absolute atomic E-state index is 13.6. The van der Waals surface area contributed by atoms with Crippen LogP contribution in [0.4, 0.5) is 4.39 Å². The summed E-state index contributed by atoms with van der Waals surface area (Å²) in [5.41, 5.74) is -0.0535. The molecule has 0 amide bonds. The van der Waals surface area contributed by atoms with Gasteiger partial charge in [0, 0.05) is 5.56 Å². The lowest BCUT2D eigenvalue weighted by Gasteiger charge is -2.56. The fraction of sp³-hybridized carbons (Fsp3) is 0.533. The van der Waals surface area contributed by atoms with Crippen molar-refractivity contribution in [1.82, 2.24) is 0 Å². The molecule has 0 radical (unpaired) electrons. The fourth-order valence-corrected chi connectivity index (χ4v) is 3.28. The van der Waals surface area contributed by atoms with Crippen LogP contribution in [0.1, 0.15) is 24.8 Å². The van der Waals surface area contributed by atoms with E-state index in [4.69, 9.17) is 9.47 Å². The summed E-state index contributed by atoms with van der Waals surface area (Å²) in [6.07, 6.45) is 2.76. The Kier molecular flexibility index (Phi) is 2.75. The second-order valence-electron chi connectivity index (χ2n) is 5.47. The summed E-state index contributed by atoms with van der Waals surface area (Å²) in [5.74, 6) is 0.348. The minimum Gasteiger partial charge on any atom is -0.496 e. The van der Waals surface area contributed by atoms with E-state index in [0.29, 0.717) is 19.0 Å². The molecule has 1 aromatic carbocycles. The standard InChI is InChI=1S/C15H16FNO2/c1-18-13-4-3-11(16)7-12(13)15(9-19-10-15)14(8-17)5-2-6-14/h3-4,7H,2,5-6,9-10H2,1H3. The highest BCUT2D eigenvalue weighted by atomic mass is 19.1. The van der Waals surface area contributed by atoms with Crippen LogP contribution in [0.2, 0.25) is 0 Å². The zero-order valence-corrected chi connectivity index (χ0v) is 10.9. The van der Waals surface area contributed by atoms with E-state index < -0.39 is 10.8 Å². The Bertz CT molecular complexity index is 542. The Morgan fingerprint density at radius 2 is 2.11 bits per heavy atom. The van der Waals surface area contributed by atoms with E-state index in [0.717, 1.165) is 24.8 Å². The minimum atomic E-state index is -0.424. The smallest absolute Gasteiger partial charge is 0.123 e. The molecular formula is C15H16FNO2. The van der Waals surface area contributed by atoms with E-state index in [9.17, 15) is 9.65 Å². The summed E-state index contributed by atoms with van der Waals surface area (Å²) >= 11 is 0. The zero-order chi connectivity index (χ0) is 13.5. The van der Waals surface area contributed by atoms with Crippen LogP contribution >= 0.6 is 0 Å². The number of hydrogen-bond donors (Lipinski definition) is 0. The quantitative estimate of drug-likeness (QED) is 0.840. The van der Waals surface area contributed by atoms with Gasteiger partial charge in [-0.1, -0.05) is 6.42 Å². The summed E-state index contributed by atoms with van der Waals surface area (Å²) in [6, 6.07) is 6.99. The van der Waals surface area contributed by atoms with E-state index >= 15 is 0 Å². The van der Waals surface area contributed by atoms with Gasteiger partial charge in [0.1, 0.15) is 11.6 Å². The number of nitrogens with zero attached hydrogens (tertiary/aromatic N) is 1. The van der Waals surface area contributed by atoms with Crippen LogP contribution in [0.25, 0.3) is 0 Å². The molecule has 3 rings (SSSR count). The van der Waals surface area contributed by atoms with Gasteiger partial charge >= 0.3 is 0 Å². The number of hydrogen-bond acceptors (Lipinski definition) is 3. The van der Waals surface area contributed by atoms with Crippen LogP contribution in [0.5, 0.6) is 5.75 Å². The number of benzene rings is 1. The average Bonchev–Trinajstić information content (AvgIpc) is 2.31. The Balaban J connectivity index is 2.13. The summed E-state index contributed by atoms with van der Waals surface area (Å²) in [7, 11) is 1.57. The molecule has 1 saturated carbocycles. The van der Waals surface area contributed by atoms with E-state index in [2.05, 4.69) is 6.07 Å². The molecule has 1 saturated heterocycles. The number of halogens is 1. The molecule has 1 aliphatic carbocycles. The van der Waals surface area contributed by atoms with Crippen molar-refractivity contribution < 1.29 is 13.9 Å². The molecule has 2 aliphatic rings. The van der Waals surface area contributed by atoms with Crippen LogP contribution in [0, 0.1) is 22.6 Å². The molecule has 1 heterocycles. The molecule has 100 valence electrons. The van der Waals surface area contributed by atoms with Gasteiger partial charge in [-0.05, 0) is 31.0 Å². The third kappa shape index (κ3) is 1.51. The first-order valence-corrected chi connectivity index (χ1v) is 6.50. The van der Waals surface area contributed by atoms with Gasteiger partial charge in [0.05, 0.1) is 37.2 Å². The van der Waals surface area contributed by atoms with Crippen molar-refractivity contribution in [2.75, 3.05) is 20.3 Å². The first kappa shape index (κ1) is 12.4. The largest absolute Gasteiger partial charge is 0.496 e. The molecule has 0 aromatic heterocycles. The van der Waals surface area contributed by atoms with Gasteiger partial charge in [-0.25, -0.2) is 4.39 Å². The molecule has 19 heavy (non-hydrogen) atoms. The monoisotopic (exact) mass is 261 g/mol. The summed E-state index contributed by atoms with van der Waals surface area (Å²) in [4.78, 5) is 0. The van der Waals surface area contributed by atoms with Crippen molar-refractivity contribution in [3.05, 3.63) is 29.6 Å². The number of ether oxygens (including phenoxy) is 2. The van der Waals surface area contributed by atoms with Crippen LogP contribution in [-0.4, -0.2) is 20.3 Å². The zero-order valence-electron chi connectivity index (χ0n) is 10.9. The second kappa shape index (κ2) is 4.21. The Morgan fingerprint density at radius 3 is 2.53 bits per heavy atom. The van der Waals surface area contributed by atoms with Crippen LogP contribution in [-0.2, 0) is 10.2 Å². The first-order chi connectivity index (χ1) is 9.17. The third-order valence-electron chi connectivity index (χ3n) is 4.71. The molecule has 4 heteroatoms. The van der Waals surface area contributed by atoms with Crippen molar-refractivity contribution >= 4 is 0 Å².